The predicted octanol–water partition coefficient (Wildman–Crippen LogP) is 3.66. The average Bonchev–Trinajstić information content (AvgIpc) is 2.48. The lowest BCUT2D eigenvalue weighted by molar-refractivity contribution is -0.122. The number of carbonyl (C=O) groups excluding carboxylic acids is 1. The molecule has 0 radical (unpaired) electrons. The zero-order chi connectivity index (χ0) is 14.4. The monoisotopic (exact) mass is 292 g/mol. The highest BCUT2D eigenvalue weighted by Crippen LogP contribution is 2.25. The van der Waals surface area contributed by atoms with Crippen molar-refractivity contribution in [2.45, 2.75) is 56.0 Å². The van der Waals surface area contributed by atoms with Crippen LogP contribution in [0.15, 0.2) is 29.2 Å². The van der Waals surface area contributed by atoms with Crippen LogP contribution < -0.4 is 10.6 Å². The van der Waals surface area contributed by atoms with Crippen LogP contribution in [-0.2, 0) is 4.79 Å². The molecule has 0 aliphatic heterocycles. The Morgan fingerprint density at radius 1 is 1.25 bits per heavy atom. The van der Waals surface area contributed by atoms with E-state index in [9.17, 15) is 4.79 Å². The number of rotatable bonds is 5. The minimum absolute atomic E-state index is 0.104. The molecule has 0 bridgehead atoms. The normalized spacial score (nSPS) is 17.5. The summed E-state index contributed by atoms with van der Waals surface area (Å²) in [5.74, 6) is 0.104. The van der Waals surface area contributed by atoms with Gasteiger partial charge in [0.2, 0.25) is 5.91 Å². The Morgan fingerprint density at radius 3 is 2.65 bits per heavy atom. The quantitative estimate of drug-likeness (QED) is 0.814. The second-order valence-electron chi connectivity index (χ2n) is 5.41. The predicted molar refractivity (Wildman–Crippen MR) is 86.3 cm³/mol. The molecule has 0 aromatic heterocycles. The molecule has 1 unspecified atom stereocenters. The fraction of sp³-hybridized carbons (Fsp3) is 0.562. The largest absolute Gasteiger partial charge is 0.373 e. The van der Waals surface area contributed by atoms with Crippen molar-refractivity contribution in [2.24, 2.45) is 0 Å². The van der Waals surface area contributed by atoms with Gasteiger partial charge in [-0.1, -0.05) is 31.4 Å². The van der Waals surface area contributed by atoms with Crippen molar-refractivity contribution in [3.8, 4) is 0 Å². The van der Waals surface area contributed by atoms with Gasteiger partial charge in [0.25, 0.3) is 0 Å². The zero-order valence-corrected chi connectivity index (χ0v) is 13.1. The van der Waals surface area contributed by atoms with E-state index in [0.717, 1.165) is 18.5 Å². The van der Waals surface area contributed by atoms with Crippen molar-refractivity contribution in [1.82, 2.24) is 5.32 Å². The van der Waals surface area contributed by atoms with Crippen LogP contribution in [0, 0.1) is 0 Å². The Labute approximate surface area is 125 Å². The van der Waals surface area contributed by atoms with E-state index in [1.54, 1.807) is 11.8 Å². The molecular weight excluding hydrogens is 268 g/mol. The molecule has 1 atom stereocenters. The van der Waals surface area contributed by atoms with E-state index in [1.807, 2.05) is 31.4 Å². The summed E-state index contributed by atoms with van der Waals surface area (Å²) in [6.07, 6.45) is 8.08. The lowest BCUT2D eigenvalue weighted by atomic mass is 9.95. The van der Waals surface area contributed by atoms with Gasteiger partial charge >= 0.3 is 0 Å². The Balaban J connectivity index is 1.89. The first kappa shape index (κ1) is 15.2. The summed E-state index contributed by atoms with van der Waals surface area (Å²) < 4.78 is 0. The van der Waals surface area contributed by atoms with Crippen LogP contribution in [0.1, 0.15) is 39.0 Å². The van der Waals surface area contributed by atoms with E-state index in [1.165, 1.54) is 24.2 Å². The lowest BCUT2D eigenvalue weighted by Gasteiger charge is -2.25. The summed E-state index contributed by atoms with van der Waals surface area (Å²) in [4.78, 5) is 13.4. The average molecular weight is 292 g/mol. The Morgan fingerprint density at radius 2 is 1.95 bits per heavy atom. The summed E-state index contributed by atoms with van der Waals surface area (Å²) in [7, 11) is 0. The topological polar surface area (TPSA) is 41.1 Å². The number of hydrogen-bond acceptors (Lipinski definition) is 3. The maximum Gasteiger partial charge on any atom is 0.242 e. The summed E-state index contributed by atoms with van der Waals surface area (Å²) in [6, 6.07) is 8.27. The fourth-order valence-electron chi connectivity index (χ4n) is 2.64. The number of amides is 1. The molecule has 2 rings (SSSR count). The van der Waals surface area contributed by atoms with Crippen molar-refractivity contribution in [3.63, 3.8) is 0 Å². The third-order valence-electron chi connectivity index (χ3n) is 3.82. The number of nitrogens with one attached hydrogen (secondary N) is 2. The number of hydrogen-bond donors (Lipinski definition) is 2. The molecular formula is C16H24N2OS. The molecule has 1 aromatic carbocycles. The number of carbonyl (C=O) groups is 1. The molecule has 20 heavy (non-hydrogen) atoms. The van der Waals surface area contributed by atoms with Gasteiger partial charge in [-0.05, 0) is 38.2 Å². The van der Waals surface area contributed by atoms with Crippen molar-refractivity contribution >= 4 is 23.4 Å². The first-order valence-electron chi connectivity index (χ1n) is 7.40. The maximum atomic E-state index is 12.2. The standard InChI is InChI=1S/C16H24N2OS/c1-12(16(19)18-13-8-4-3-5-9-13)17-14-10-6-7-11-15(14)20-2/h6-7,10-13,17H,3-5,8-9H2,1-2H3,(H,18,19). The minimum atomic E-state index is -0.203. The second kappa shape index (κ2) is 7.58. The van der Waals surface area contributed by atoms with Crippen LogP contribution in [0.3, 0.4) is 0 Å². The molecule has 1 aliphatic rings. The highest BCUT2D eigenvalue weighted by atomic mass is 32.2. The molecule has 1 amide bonds. The van der Waals surface area contributed by atoms with Gasteiger partial charge in [-0.25, -0.2) is 0 Å². The van der Waals surface area contributed by atoms with E-state index in [0.29, 0.717) is 6.04 Å². The Kier molecular flexibility index (Phi) is 5.77. The van der Waals surface area contributed by atoms with E-state index in [2.05, 4.69) is 16.7 Å². The van der Waals surface area contributed by atoms with Gasteiger partial charge in [-0.2, -0.15) is 0 Å². The van der Waals surface area contributed by atoms with E-state index in [-0.39, 0.29) is 11.9 Å². The molecule has 1 aromatic rings. The van der Waals surface area contributed by atoms with Crippen LogP contribution >= 0.6 is 11.8 Å². The zero-order valence-electron chi connectivity index (χ0n) is 12.3. The van der Waals surface area contributed by atoms with Crippen LogP contribution in [0.25, 0.3) is 0 Å². The summed E-state index contributed by atoms with van der Waals surface area (Å²) in [5, 5.41) is 6.49. The van der Waals surface area contributed by atoms with Crippen molar-refractivity contribution in [3.05, 3.63) is 24.3 Å². The van der Waals surface area contributed by atoms with Crippen LogP contribution in [0.2, 0.25) is 0 Å². The Hall–Kier alpha value is -1.16. The minimum Gasteiger partial charge on any atom is -0.373 e. The number of anilines is 1. The highest BCUT2D eigenvalue weighted by molar-refractivity contribution is 7.98. The van der Waals surface area contributed by atoms with Gasteiger partial charge in [0.1, 0.15) is 6.04 Å². The number of thioether (sulfide) groups is 1. The molecule has 110 valence electrons. The van der Waals surface area contributed by atoms with Crippen LogP contribution in [0.4, 0.5) is 5.69 Å². The van der Waals surface area contributed by atoms with Gasteiger partial charge < -0.3 is 10.6 Å². The second-order valence-corrected chi connectivity index (χ2v) is 6.26. The van der Waals surface area contributed by atoms with E-state index < -0.39 is 0 Å². The summed E-state index contributed by atoms with van der Waals surface area (Å²) in [5.41, 5.74) is 1.03. The third-order valence-corrected chi connectivity index (χ3v) is 4.62. The van der Waals surface area contributed by atoms with Crippen molar-refractivity contribution < 1.29 is 4.79 Å². The van der Waals surface area contributed by atoms with Crippen molar-refractivity contribution in [1.29, 1.82) is 0 Å². The van der Waals surface area contributed by atoms with Gasteiger partial charge in [-0.3, -0.25) is 4.79 Å². The van der Waals surface area contributed by atoms with Gasteiger partial charge in [-0.15, -0.1) is 11.8 Å². The molecule has 1 saturated carbocycles. The number of benzene rings is 1. The molecule has 4 heteroatoms. The van der Waals surface area contributed by atoms with Crippen LogP contribution in [0.5, 0.6) is 0 Å². The third kappa shape index (κ3) is 4.17. The maximum absolute atomic E-state index is 12.2. The molecule has 2 N–H and O–H groups in total. The SMILES string of the molecule is CSc1ccccc1NC(C)C(=O)NC1CCCCC1. The molecule has 3 nitrogen and oxygen atoms in total. The van der Waals surface area contributed by atoms with Crippen LogP contribution in [-0.4, -0.2) is 24.2 Å². The number of para-hydroxylation sites is 1. The van der Waals surface area contributed by atoms with E-state index in [4.69, 9.17) is 0 Å². The summed E-state index contributed by atoms with van der Waals surface area (Å²) in [6.45, 7) is 1.93. The van der Waals surface area contributed by atoms with Crippen molar-refractivity contribution in [2.75, 3.05) is 11.6 Å². The molecule has 0 saturated heterocycles. The molecule has 1 aliphatic carbocycles. The lowest BCUT2D eigenvalue weighted by Crippen LogP contribution is -2.44. The van der Waals surface area contributed by atoms with Gasteiger partial charge in [0.15, 0.2) is 0 Å². The van der Waals surface area contributed by atoms with E-state index >= 15 is 0 Å². The molecule has 0 spiro atoms. The smallest absolute Gasteiger partial charge is 0.242 e. The molecule has 1 fully saturated rings. The highest BCUT2D eigenvalue weighted by Gasteiger charge is 2.19. The first-order valence-corrected chi connectivity index (χ1v) is 8.63. The Bertz CT molecular complexity index is 444. The van der Waals surface area contributed by atoms with Gasteiger partial charge in [0.05, 0.1) is 0 Å². The first-order chi connectivity index (χ1) is 9.70. The fourth-order valence-corrected chi connectivity index (χ4v) is 3.20. The summed E-state index contributed by atoms with van der Waals surface area (Å²) >= 11 is 1.69. The molecule has 0 heterocycles. The van der Waals surface area contributed by atoms with Gasteiger partial charge in [0, 0.05) is 16.6 Å².